The van der Waals surface area contributed by atoms with Crippen molar-refractivity contribution in [2.24, 2.45) is 5.73 Å². The van der Waals surface area contributed by atoms with Crippen LogP contribution in [0.1, 0.15) is 32.1 Å². The van der Waals surface area contributed by atoms with Crippen molar-refractivity contribution in [3.8, 4) is 0 Å². The summed E-state index contributed by atoms with van der Waals surface area (Å²) < 4.78 is 0. The van der Waals surface area contributed by atoms with Crippen LogP contribution in [0.15, 0.2) is 0 Å². The molecule has 78 valence electrons. The van der Waals surface area contributed by atoms with Crippen molar-refractivity contribution in [3.63, 3.8) is 0 Å². The molecule has 0 radical (unpaired) electrons. The van der Waals surface area contributed by atoms with Crippen LogP contribution in [0, 0.1) is 0 Å². The van der Waals surface area contributed by atoms with Crippen molar-refractivity contribution in [1.29, 1.82) is 0 Å². The van der Waals surface area contributed by atoms with E-state index in [1.54, 1.807) is 6.92 Å². The van der Waals surface area contributed by atoms with Crippen molar-refractivity contribution < 1.29 is 4.79 Å². The molecule has 0 aliphatic carbocycles. The van der Waals surface area contributed by atoms with Gasteiger partial charge in [0.15, 0.2) is 5.82 Å². The average Bonchev–Trinajstić information content (AvgIpc) is 2.69. The van der Waals surface area contributed by atoms with E-state index in [2.05, 4.69) is 25.9 Å². The summed E-state index contributed by atoms with van der Waals surface area (Å²) >= 11 is 0. The molecule has 0 fully saturated rings. The van der Waals surface area contributed by atoms with Gasteiger partial charge in [-0.3, -0.25) is 4.79 Å². The Kier molecular flexibility index (Phi) is 3.52. The standard InChI is InChI=1S/C7H14N6O/c1-3-5(8)7(14)9-4(2)6-10-12-13-11-6/h4-5H,3,8H2,1-2H3,(H,9,14)(H,10,11,12,13). The fraction of sp³-hybridized carbons (Fsp3) is 0.714. The first-order valence-corrected chi connectivity index (χ1v) is 4.44. The van der Waals surface area contributed by atoms with Crippen LogP contribution in [-0.2, 0) is 4.79 Å². The van der Waals surface area contributed by atoms with Crippen LogP contribution >= 0.6 is 0 Å². The molecule has 0 bridgehead atoms. The fourth-order valence-electron chi connectivity index (χ4n) is 0.923. The van der Waals surface area contributed by atoms with Gasteiger partial charge in [0.25, 0.3) is 0 Å². The van der Waals surface area contributed by atoms with E-state index in [1.165, 1.54) is 0 Å². The number of tetrazole rings is 1. The Bertz CT molecular complexity index is 284. The Hall–Kier alpha value is -1.50. The van der Waals surface area contributed by atoms with Crippen molar-refractivity contribution in [2.45, 2.75) is 32.4 Å². The highest BCUT2D eigenvalue weighted by atomic mass is 16.2. The van der Waals surface area contributed by atoms with Crippen molar-refractivity contribution in [3.05, 3.63) is 5.82 Å². The van der Waals surface area contributed by atoms with Crippen LogP contribution in [0.3, 0.4) is 0 Å². The molecule has 2 unspecified atom stereocenters. The predicted octanol–water partition coefficient (Wildman–Crippen LogP) is -0.886. The summed E-state index contributed by atoms with van der Waals surface area (Å²) in [5, 5.41) is 15.9. The lowest BCUT2D eigenvalue weighted by Gasteiger charge is -2.13. The molecule has 7 nitrogen and oxygen atoms in total. The van der Waals surface area contributed by atoms with Crippen LogP contribution in [-0.4, -0.2) is 32.6 Å². The highest BCUT2D eigenvalue weighted by molar-refractivity contribution is 5.81. The number of amides is 1. The SMILES string of the molecule is CCC(N)C(=O)NC(C)c1nn[nH]n1. The molecule has 4 N–H and O–H groups in total. The van der Waals surface area contributed by atoms with Crippen LogP contribution in [0.4, 0.5) is 0 Å². The highest BCUT2D eigenvalue weighted by Crippen LogP contribution is 2.03. The maximum Gasteiger partial charge on any atom is 0.237 e. The molecule has 0 aromatic carbocycles. The van der Waals surface area contributed by atoms with E-state index in [4.69, 9.17) is 5.73 Å². The Morgan fingerprint density at radius 1 is 1.71 bits per heavy atom. The molecular formula is C7H14N6O. The second-order valence-corrected chi connectivity index (χ2v) is 3.02. The molecule has 0 aliphatic rings. The van der Waals surface area contributed by atoms with E-state index in [1.807, 2.05) is 6.92 Å². The minimum Gasteiger partial charge on any atom is -0.345 e. The number of rotatable bonds is 4. The zero-order valence-corrected chi connectivity index (χ0v) is 8.19. The Labute approximate surface area is 81.4 Å². The molecule has 0 saturated heterocycles. The van der Waals surface area contributed by atoms with E-state index >= 15 is 0 Å². The first-order valence-electron chi connectivity index (χ1n) is 4.44. The second-order valence-electron chi connectivity index (χ2n) is 3.02. The summed E-state index contributed by atoms with van der Waals surface area (Å²) in [4.78, 5) is 11.4. The Morgan fingerprint density at radius 2 is 2.43 bits per heavy atom. The lowest BCUT2D eigenvalue weighted by atomic mass is 10.2. The third-order valence-corrected chi connectivity index (χ3v) is 1.88. The molecule has 1 aromatic rings. The van der Waals surface area contributed by atoms with Gasteiger partial charge >= 0.3 is 0 Å². The summed E-state index contributed by atoms with van der Waals surface area (Å²) in [7, 11) is 0. The summed E-state index contributed by atoms with van der Waals surface area (Å²) in [5.41, 5.74) is 5.54. The summed E-state index contributed by atoms with van der Waals surface area (Å²) in [6.45, 7) is 3.62. The molecule has 14 heavy (non-hydrogen) atoms. The molecule has 1 aromatic heterocycles. The van der Waals surface area contributed by atoms with E-state index in [0.29, 0.717) is 12.2 Å². The number of carbonyl (C=O) groups is 1. The molecule has 1 amide bonds. The van der Waals surface area contributed by atoms with Crippen LogP contribution in [0.2, 0.25) is 0 Å². The van der Waals surface area contributed by atoms with Gasteiger partial charge in [-0.25, -0.2) is 0 Å². The monoisotopic (exact) mass is 198 g/mol. The number of nitrogens with two attached hydrogens (primary N) is 1. The van der Waals surface area contributed by atoms with Crippen LogP contribution < -0.4 is 11.1 Å². The molecule has 0 saturated carbocycles. The van der Waals surface area contributed by atoms with Crippen molar-refractivity contribution in [2.75, 3.05) is 0 Å². The van der Waals surface area contributed by atoms with E-state index in [0.717, 1.165) is 0 Å². The lowest BCUT2D eigenvalue weighted by Crippen LogP contribution is -2.41. The summed E-state index contributed by atoms with van der Waals surface area (Å²) in [6.07, 6.45) is 0.602. The smallest absolute Gasteiger partial charge is 0.237 e. The minimum atomic E-state index is -0.482. The molecule has 7 heteroatoms. The lowest BCUT2D eigenvalue weighted by molar-refractivity contribution is -0.123. The number of hydrogen-bond acceptors (Lipinski definition) is 5. The van der Waals surface area contributed by atoms with Crippen molar-refractivity contribution >= 4 is 5.91 Å². The minimum absolute atomic E-state index is 0.204. The van der Waals surface area contributed by atoms with E-state index < -0.39 is 6.04 Å². The van der Waals surface area contributed by atoms with Gasteiger partial charge in [-0.15, -0.1) is 10.2 Å². The first-order chi connectivity index (χ1) is 6.65. The molecule has 1 heterocycles. The Morgan fingerprint density at radius 3 is 2.93 bits per heavy atom. The van der Waals surface area contributed by atoms with Gasteiger partial charge in [0.1, 0.15) is 0 Å². The number of nitrogens with one attached hydrogen (secondary N) is 2. The first kappa shape index (κ1) is 10.6. The summed E-state index contributed by atoms with van der Waals surface area (Å²) in [5.74, 6) is 0.242. The van der Waals surface area contributed by atoms with E-state index in [-0.39, 0.29) is 11.9 Å². The van der Waals surface area contributed by atoms with Gasteiger partial charge in [-0.05, 0) is 13.3 Å². The average molecular weight is 198 g/mol. The third kappa shape index (κ3) is 2.49. The number of H-pyrrole nitrogens is 1. The van der Waals surface area contributed by atoms with Gasteiger partial charge in [-0.1, -0.05) is 12.1 Å². The third-order valence-electron chi connectivity index (χ3n) is 1.88. The molecule has 1 rings (SSSR count). The van der Waals surface area contributed by atoms with Crippen molar-refractivity contribution in [1.82, 2.24) is 25.9 Å². The zero-order chi connectivity index (χ0) is 10.6. The normalized spacial score (nSPS) is 14.8. The van der Waals surface area contributed by atoms with Gasteiger partial charge < -0.3 is 11.1 Å². The van der Waals surface area contributed by atoms with Gasteiger partial charge in [-0.2, -0.15) is 5.21 Å². The predicted molar refractivity (Wildman–Crippen MR) is 49.0 cm³/mol. The van der Waals surface area contributed by atoms with Crippen LogP contribution in [0.25, 0.3) is 0 Å². The van der Waals surface area contributed by atoms with E-state index in [9.17, 15) is 4.79 Å². The maximum atomic E-state index is 11.4. The number of aromatic amines is 1. The Balaban J connectivity index is 2.49. The second kappa shape index (κ2) is 4.66. The highest BCUT2D eigenvalue weighted by Gasteiger charge is 2.16. The summed E-state index contributed by atoms with van der Waals surface area (Å²) in [6, 6.07) is -0.761. The quantitative estimate of drug-likeness (QED) is 0.581. The molecule has 0 spiro atoms. The molecule has 0 aliphatic heterocycles. The number of carbonyl (C=O) groups excluding carboxylic acids is 1. The topological polar surface area (TPSA) is 110 Å². The molecular weight excluding hydrogens is 184 g/mol. The maximum absolute atomic E-state index is 11.4. The zero-order valence-electron chi connectivity index (χ0n) is 8.19. The number of nitrogens with zero attached hydrogens (tertiary/aromatic N) is 3. The number of aromatic nitrogens is 4. The largest absolute Gasteiger partial charge is 0.345 e. The van der Waals surface area contributed by atoms with Crippen LogP contribution in [0.5, 0.6) is 0 Å². The molecule has 2 atom stereocenters. The number of hydrogen-bond donors (Lipinski definition) is 3. The van der Waals surface area contributed by atoms with Gasteiger partial charge in [0.05, 0.1) is 12.1 Å². The fourth-order valence-corrected chi connectivity index (χ4v) is 0.923. The van der Waals surface area contributed by atoms with Gasteiger partial charge in [0, 0.05) is 0 Å². The van der Waals surface area contributed by atoms with Gasteiger partial charge in [0.2, 0.25) is 5.91 Å².